The summed E-state index contributed by atoms with van der Waals surface area (Å²) in [4.78, 5) is 11.6. The lowest BCUT2D eigenvalue weighted by Crippen LogP contribution is -2.24. The quantitative estimate of drug-likeness (QED) is 0.757. The maximum absolute atomic E-state index is 11.6. The van der Waals surface area contributed by atoms with Gasteiger partial charge < -0.3 is 14.3 Å². The minimum absolute atomic E-state index is 0.126. The average molecular weight is 268 g/mol. The lowest BCUT2D eigenvalue weighted by Gasteiger charge is -2.01. The zero-order chi connectivity index (χ0) is 13.0. The molecule has 2 rings (SSSR count). The highest BCUT2D eigenvalue weighted by atomic mass is 32.2. The maximum Gasteiger partial charge on any atom is 0.235 e. The van der Waals surface area contributed by atoms with E-state index in [1.165, 1.54) is 11.8 Å². The number of thioether (sulfide) groups is 1. The summed E-state index contributed by atoms with van der Waals surface area (Å²) < 4.78 is 6.88. The van der Waals surface area contributed by atoms with E-state index in [4.69, 9.17) is 4.42 Å². The molecular weight excluding hydrogens is 256 g/mol. The van der Waals surface area contributed by atoms with Crippen molar-refractivity contribution in [3.05, 3.63) is 18.1 Å². The van der Waals surface area contributed by atoms with E-state index in [1.54, 1.807) is 17.8 Å². The van der Waals surface area contributed by atoms with Crippen LogP contribution in [0.3, 0.4) is 0 Å². The van der Waals surface area contributed by atoms with E-state index in [-0.39, 0.29) is 18.2 Å². The van der Waals surface area contributed by atoms with Gasteiger partial charge in [-0.2, -0.15) is 0 Å². The monoisotopic (exact) mass is 268 g/mol. The van der Waals surface area contributed by atoms with Gasteiger partial charge in [0, 0.05) is 14.0 Å². The van der Waals surface area contributed by atoms with Crippen LogP contribution in [0.5, 0.6) is 0 Å². The molecule has 0 fully saturated rings. The smallest absolute Gasteiger partial charge is 0.235 e. The average Bonchev–Trinajstić information content (AvgIpc) is 2.93. The first kappa shape index (κ1) is 12.6. The fraction of sp³-hybridized carbons (Fsp3) is 0.444. The van der Waals surface area contributed by atoms with E-state index in [0.29, 0.717) is 16.9 Å². The third-order valence-electron chi connectivity index (χ3n) is 2.01. The van der Waals surface area contributed by atoms with Crippen molar-refractivity contribution in [2.45, 2.75) is 18.6 Å². The Bertz CT molecular complexity index is 537. The van der Waals surface area contributed by atoms with Crippen LogP contribution in [0.4, 0.5) is 0 Å². The molecule has 2 heterocycles. The lowest BCUT2D eigenvalue weighted by atomic mass is 10.6. The van der Waals surface area contributed by atoms with Crippen LogP contribution in [-0.4, -0.2) is 36.6 Å². The van der Waals surface area contributed by atoms with E-state index in [2.05, 4.69) is 25.7 Å². The Balaban J connectivity index is 1.74. The number of hydrogen-bond acceptors (Lipinski definition) is 7. The highest BCUT2D eigenvalue weighted by Crippen LogP contribution is 2.12. The van der Waals surface area contributed by atoms with Crippen molar-refractivity contribution >= 4 is 17.7 Å². The van der Waals surface area contributed by atoms with Crippen LogP contribution in [-0.2, 0) is 18.4 Å². The number of rotatable bonds is 5. The van der Waals surface area contributed by atoms with Crippen molar-refractivity contribution in [1.82, 2.24) is 30.3 Å². The summed E-state index contributed by atoms with van der Waals surface area (Å²) in [6.45, 7) is 1.93. The molecule has 1 N–H and O–H groups in total. The first-order valence-electron chi connectivity index (χ1n) is 5.17. The molecule has 2 aromatic heterocycles. The molecule has 0 spiro atoms. The molecule has 0 saturated carbocycles. The van der Waals surface area contributed by atoms with Gasteiger partial charge in [0.2, 0.25) is 17.7 Å². The largest absolute Gasteiger partial charge is 0.424 e. The van der Waals surface area contributed by atoms with Gasteiger partial charge in [0.05, 0.1) is 12.3 Å². The first-order valence-corrected chi connectivity index (χ1v) is 6.16. The second-order valence-electron chi connectivity index (χ2n) is 3.50. The van der Waals surface area contributed by atoms with Gasteiger partial charge in [-0.05, 0) is 0 Å². The van der Waals surface area contributed by atoms with Crippen molar-refractivity contribution < 1.29 is 9.21 Å². The van der Waals surface area contributed by atoms with Crippen LogP contribution >= 0.6 is 11.8 Å². The number of nitrogens with one attached hydrogen (secondary N) is 1. The van der Waals surface area contributed by atoms with Crippen LogP contribution in [0.15, 0.2) is 15.9 Å². The Morgan fingerprint density at radius 3 is 2.94 bits per heavy atom. The van der Waals surface area contributed by atoms with Crippen molar-refractivity contribution in [1.29, 1.82) is 0 Å². The SMILES string of the molecule is Cc1nnc(CNC(=O)CSc2nncn2C)o1. The third-order valence-corrected chi connectivity index (χ3v) is 3.04. The predicted molar refractivity (Wildman–Crippen MR) is 62.6 cm³/mol. The number of amides is 1. The van der Waals surface area contributed by atoms with Crippen molar-refractivity contribution in [2.24, 2.45) is 7.05 Å². The summed E-state index contributed by atoms with van der Waals surface area (Å²) in [5.41, 5.74) is 0. The second-order valence-corrected chi connectivity index (χ2v) is 4.45. The van der Waals surface area contributed by atoms with Gasteiger partial charge in [-0.1, -0.05) is 11.8 Å². The minimum Gasteiger partial charge on any atom is -0.424 e. The van der Waals surface area contributed by atoms with Gasteiger partial charge in [0.25, 0.3) is 0 Å². The number of hydrogen-bond donors (Lipinski definition) is 1. The predicted octanol–water partition coefficient (Wildman–Crippen LogP) is -0.0850. The summed E-state index contributed by atoms with van der Waals surface area (Å²) in [6.07, 6.45) is 1.58. The first-order chi connectivity index (χ1) is 8.65. The van der Waals surface area contributed by atoms with Crippen LogP contribution in [0.2, 0.25) is 0 Å². The van der Waals surface area contributed by atoms with E-state index < -0.39 is 0 Å². The molecule has 8 nitrogen and oxygen atoms in total. The zero-order valence-electron chi connectivity index (χ0n) is 9.95. The molecule has 96 valence electrons. The number of aryl methyl sites for hydroxylation is 2. The standard InChI is InChI=1S/C9H12N6O2S/c1-6-12-13-8(17-6)3-10-7(16)4-18-9-14-11-5-15(9)2/h5H,3-4H2,1-2H3,(H,10,16). The summed E-state index contributed by atoms with van der Waals surface area (Å²) >= 11 is 1.31. The Labute approximate surface area is 107 Å². The van der Waals surface area contributed by atoms with Crippen LogP contribution in [0.1, 0.15) is 11.8 Å². The molecule has 0 saturated heterocycles. The highest BCUT2D eigenvalue weighted by molar-refractivity contribution is 7.99. The number of carbonyl (C=O) groups excluding carboxylic acids is 1. The summed E-state index contributed by atoms with van der Waals surface area (Å²) in [7, 11) is 1.82. The van der Waals surface area contributed by atoms with Crippen LogP contribution < -0.4 is 5.32 Å². The highest BCUT2D eigenvalue weighted by Gasteiger charge is 2.08. The Kier molecular flexibility index (Phi) is 3.92. The van der Waals surface area contributed by atoms with Crippen molar-refractivity contribution in [2.75, 3.05) is 5.75 Å². The van der Waals surface area contributed by atoms with E-state index in [9.17, 15) is 4.79 Å². The fourth-order valence-corrected chi connectivity index (χ4v) is 1.89. The maximum atomic E-state index is 11.6. The number of nitrogens with zero attached hydrogens (tertiary/aromatic N) is 5. The van der Waals surface area contributed by atoms with Gasteiger partial charge >= 0.3 is 0 Å². The lowest BCUT2D eigenvalue weighted by molar-refractivity contribution is -0.118. The summed E-state index contributed by atoms with van der Waals surface area (Å²) in [6, 6.07) is 0. The molecule has 18 heavy (non-hydrogen) atoms. The normalized spacial score (nSPS) is 10.6. The molecule has 0 atom stereocenters. The Hall–Kier alpha value is -1.90. The second kappa shape index (κ2) is 5.63. The van der Waals surface area contributed by atoms with Crippen LogP contribution in [0.25, 0.3) is 0 Å². The molecule has 0 radical (unpaired) electrons. The van der Waals surface area contributed by atoms with Crippen molar-refractivity contribution in [3.63, 3.8) is 0 Å². The number of aromatic nitrogens is 5. The molecule has 0 unspecified atom stereocenters. The molecular formula is C9H12N6O2S. The molecule has 0 aliphatic rings. The number of carbonyl (C=O) groups is 1. The van der Waals surface area contributed by atoms with Gasteiger partial charge in [0.1, 0.15) is 6.33 Å². The topological polar surface area (TPSA) is 98.7 Å². The molecule has 0 aromatic carbocycles. The molecule has 0 aliphatic heterocycles. The Morgan fingerprint density at radius 1 is 1.50 bits per heavy atom. The third kappa shape index (κ3) is 3.29. The molecule has 2 aromatic rings. The molecule has 9 heteroatoms. The van der Waals surface area contributed by atoms with Crippen molar-refractivity contribution in [3.8, 4) is 0 Å². The van der Waals surface area contributed by atoms with Gasteiger partial charge in [-0.15, -0.1) is 20.4 Å². The molecule has 1 amide bonds. The minimum atomic E-state index is -0.126. The van der Waals surface area contributed by atoms with Gasteiger partial charge in [0.15, 0.2) is 5.16 Å². The summed E-state index contributed by atoms with van der Waals surface area (Å²) in [5.74, 6) is 1.01. The zero-order valence-corrected chi connectivity index (χ0v) is 10.8. The van der Waals surface area contributed by atoms with Gasteiger partial charge in [-0.3, -0.25) is 4.79 Å². The molecule has 0 bridgehead atoms. The van der Waals surface area contributed by atoms with E-state index >= 15 is 0 Å². The van der Waals surface area contributed by atoms with E-state index in [0.717, 1.165) is 0 Å². The fourth-order valence-electron chi connectivity index (χ4n) is 1.17. The van der Waals surface area contributed by atoms with Gasteiger partial charge in [-0.25, -0.2) is 0 Å². The van der Waals surface area contributed by atoms with E-state index in [1.807, 2.05) is 7.05 Å². The summed E-state index contributed by atoms with van der Waals surface area (Å²) in [5, 5.41) is 18.4. The molecule has 0 aliphatic carbocycles. The van der Waals surface area contributed by atoms with Crippen LogP contribution in [0, 0.1) is 6.92 Å². The Morgan fingerprint density at radius 2 is 2.33 bits per heavy atom.